The van der Waals surface area contributed by atoms with Gasteiger partial charge < -0.3 is 5.32 Å². The molecular weight excluding hydrogens is 325 g/mol. The average Bonchev–Trinajstić information content (AvgIpc) is 2.73. The topological polar surface area (TPSA) is 46.9 Å². The molecule has 0 spiro atoms. The van der Waals surface area contributed by atoms with E-state index >= 15 is 0 Å². The van der Waals surface area contributed by atoms with E-state index in [2.05, 4.69) is 10.4 Å². The first-order chi connectivity index (χ1) is 11.6. The van der Waals surface area contributed by atoms with Crippen LogP contribution >= 0.6 is 11.8 Å². The highest BCUT2D eigenvalue weighted by atomic mass is 32.2. The van der Waals surface area contributed by atoms with E-state index in [0.717, 1.165) is 41.2 Å². The number of carbonyl (C=O) groups excluding carboxylic acids is 1. The summed E-state index contributed by atoms with van der Waals surface area (Å²) in [5.74, 6) is 2.80. The SMILES string of the molecule is Cn1nc(NC(=O)C2CSC2)c(C2CCC2)c1-c1ccc(F)cc1. The zero-order chi connectivity index (χ0) is 16.7. The molecule has 0 unspecified atom stereocenters. The van der Waals surface area contributed by atoms with Gasteiger partial charge in [-0.1, -0.05) is 6.42 Å². The Morgan fingerprint density at radius 2 is 2.00 bits per heavy atom. The Kier molecular flexibility index (Phi) is 4.08. The molecule has 4 nitrogen and oxygen atoms in total. The minimum absolute atomic E-state index is 0.0677. The van der Waals surface area contributed by atoms with E-state index < -0.39 is 0 Å². The van der Waals surface area contributed by atoms with Gasteiger partial charge in [-0.3, -0.25) is 9.48 Å². The molecule has 1 aromatic heterocycles. The van der Waals surface area contributed by atoms with E-state index in [-0.39, 0.29) is 17.6 Å². The van der Waals surface area contributed by atoms with Gasteiger partial charge in [0.05, 0.1) is 11.6 Å². The second-order valence-corrected chi connectivity index (χ2v) is 7.67. The molecule has 0 atom stereocenters. The number of rotatable bonds is 4. The third-order valence-corrected chi connectivity index (χ3v) is 6.24. The monoisotopic (exact) mass is 345 g/mol. The number of benzene rings is 1. The summed E-state index contributed by atoms with van der Waals surface area (Å²) in [5.41, 5.74) is 3.03. The number of aromatic nitrogens is 2. The average molecular weight is 345 g/mol. The van der Waals surface area contributed by atoms with Gasteiger partial charge in [0.25, 0.3) is 0 Å². The molecule has 1 saturated carbocycles. The van der Waals surface area contributed by atoms with Crippen molar-refractivity contribution in [1.82, 2.24) is 9.78 Å². The van der Waals surface area contributed by atoms with Crippen molar-refractivity contribution >= 4 is 23.5 Å². The standard InChI is InChI=1S/C18H20FN3OS/c1-22-16(12-5-7-14(19)8-6-12)15(11-3-2-4-11)17(21-22)20-18(23)13-9-24-10-13/h5-8,11,13H,2-4,9-10H2,1H3,(H,20,21,23). The molecule has 1 N–H and O–H groups in total. The maximum absolute atomic E-state index is 13.3. The Morgan fingerprint density at radius 3 is 2.54 bits per heavy atom. The van der Waals surface area contributed by atoms with Crippen LogP contribution in [0, 0.1) is 11.7 Å². The molecule has 24 heavy (non-hydrogen) atoms. The maximum Gasteiger partial charge on any atom is 0.230 e. The van der Waals surface area contributed by atoms with Crippen LogP contribution in [0.4, 0.5) is 10.2 Å². The van der Waals surface area contributed by atoms with Gasteiger partial charge in [-0.15, -0.1) is 0 Å². The number of carbonyl (C=O) groups is 1. The molecule has 6 heteroatoms. The lowest BCUT2D eigenvalue weighted by atomic mass is 9.79. The van der Waals surface area contributed by atoms with Crippen LogP contribution in [-0.2, 0) is 11.8 Å². The van der Waals surface area contributed by atoms with Crippen LogP contribution in [-0.4, -0.2) is 27.2 Å². The molecule has 1 aliphatic heterocycles. The minimum Gasteiger partial charge on any atom is -0.309 e. The summed E-state index contributed by atoms with van der Waals surface area (Å²) < 4.78 is 15.1. The van der Waals surface area contributed by atoms with Crippen LogP contribution < -0.4 is 5.32 Å². The zero-order valence-electron chi connectivity index (χ0n) is 13.6. The first kappa shape index (κ1) is 15.7. The smallest absolute Gasteiger partial charge is 0.230 e. The van der Waals surface area contributed by atoms with E-state index in [1.165, 1.54) is 18.6 Å². The second kappa shape index (κ2) is 6.24. The lowest BCUT2D eigenvalue weighted by Crippen LogP contribution is -2.33. The van der Waals surface area contributed by atoms with E-state index in [9.17, 15) is 9.18 Å². The first-order valence-corrected chi connectivity index (χ1v) is 9.50. The lowest BCUT2D eigenvalue weighted by molar-refractivity contribution is -0.118. The largest absolute Gasteiger partial charge is 0.309 e. The number of halogens is 1. The van der Waals surface area contributed by atoms with Gasteiger partial charge in [0.2, 0.25) is 5.91 Å². The maximum atomic E-state index is 13.3. The van der Waals surface area contributed by atoms with E-state index in [4.69, 9.17) is 0 Å². The molecule has 126 valence electrons. The summed E-state index contributed by atoms with van der Waals surface area (Å²) in [7, 11) is 1.88. The van der Waals surface area contributed by atoms with Crippen molar-refractivity contribution in [3.8, 4) is 11.3 Å². The highest BCUT2D eigenvalue weighted by molar-refractivity contribution is 8.00. The highest BCUT2D eigenvalue weighted by Crippen LogP contribution is 2.44. The molecule has 2 aromatic rings. The molecule has 1 amide bonds. The summed E-state index contributed by atoms with van der Waals surface area (Å²) in [5, 5.41) is 7.62. The summed E-state index contributed by atoms with van der Waals surface area (Å²) >= 11 is 1.79. The van der Waals surface area contributed by atoms with Gasteiger partial charge in [-0.2, -0.15) is 16.9 Å². The van der Waals surface area contributed by atoms with Gasteiger partial charge in [-0.05, 0) is 43.0 Å². The number of amides is 1. The summed E-state index contributed by atoms with van der Waals surface area (Å²) in [6, 6.07) is 6.50. The Balaban J connectivity index is 1.72. The molecule has 2 fully saturated rings. The number of hydrogen-bond acceptors (Lipinski definition) is 3. The van der Waals surface area contributed by atoms with Crippen molar-refractivity contribution in [2.75, 3.05) is 16.8 Å². The van der Waals surface area contributed by atoms with Gasteiger partial charge in [-0.25, -0.2) is 4.39 Å². The van der Waals surface area contributed by atoms with Crippen molar-refractivity contribution in [3.05, 3.63) is 35.6 Å². The lowest BCUT2D eigenvalue weighted by Gasteiger charge is -2.28. The van der Waals surface area contributed by atoms with E-state index in [1.54, 1.807) is 23.9 Å². The molecule has 0 bridgehead atoms. The Hall–Kier alpha value is -1.82. The first-order valence-electron chi connectivity index (χ1n) is 8.35. The molecular formula is C18H20FN3OS. The fourth-order valence-electron chi connectivity index (χ4n) is 3.27. The number of nitrogens with zero attached hydrogens (tertiary/aromatic N) is 2. The normalized spacial score (nSPS) is 18.1. The van der Waals surface area contributed by atoms with E-state index in [1.807, 2.05) is 11.7 Å². The van der Waals surface area contributed by atoms with Crippen molar-refractivity contribution in [2.45, 2.75) is 25.2 Å². The highest BCUT2D eigenvalue weighted by Gasteiger charge is 2.32. The number of thioether (sulfide) groups is 1. The van der Waals surface area contributed by atoms with Crippen LogP contribution in [0.2, 0.25) is 0 Å². The van der Waals surface area contributed by atoms with Crippen molar-refractivity contribution in [2.24, 2.45) is 13.0 Å². The van der Waals surface area contributed by atoms with Gasteiger partial charge in [0.1, 0.15) is 5.82 Å². The predicted molar refractivity (Wildman–Crippen MR) is 94.6 cm³/mol. The molecule has 1 aliphatic carbocycles. The fourth-order valence-corrected chi connectivity index (χ4v) is 4.05. The molecule has 0 radical (unpaired) electrons. The third kappa shape index (κ3) is 2.73. The fraction of sp³-hybridized carbons (Fsp3) is 0.444. The molecule has 2 heterocycles. The zero-order valence-corrected chi connectivity index (χ0v) is 14.4. The quantitative estimate of drug-likeness (QED) is 0.917. The van der Waals surface area contributed by atoms with Crippen LogP contribution in [0.15, 0.2) is 24.3 Å². The van der Waals surface area contributed by atoms with Crippen LogP contribution in [0.25, 0.3) is 11.3 Å². The number of nitrogens with one attached hydrogen (secondary N) is 1. The molecule has 1 saturated heterocycles. The Labute approximate surface area is 144 Å². The van der Waals surface area contributed by atoms with Crippen LogP contribution in [0.3, 0.4) is 0 Å². The van der Waals surface area contributed by atoms with Crippen LogP contribution in [0.1, 0.15) is 30.7 Å². The second-order valence-electron chi connectivity index (χ2n) is 6.59. The van der Waals surface area contributed by atoms with Crippen LogP contribution in [0.5, 0.6) is 0 Å². The number of hydrogen-bond donors (Lipinski definition) is 1. The summed E-state index contributed by atoms with van der Waals surface area (Å²) in [6.45, 7) is 0. The van der Waals surface area contributed by atoms with Gasteiger partial charge in [0.15, 0.2) is 5.82 Å². The Morgan fingerprint density at radius 1 is 1.29 bits per heavy atom. The van der Waals surface area contributed by atoms with Crippen molar-refractivity contribution in [1.29, 1.82) is 0 Å². The third-order valence-electron chi connectivity index (χ3n) is 4.97. The van der Waals surface area contributed by atoms with E-state index in [0.29, 0.717) is 11.7 Å². The molecule has 1 aromatic carbocycles. The summed E-state index contributed by atoms with van der Waals surface area (Å²) in [4.78, 5) is 12.4. The minimum atomic E-state index is -0.248. The summed E-state index contributed by atoms with van der Waals surface area (Å²) in [6.07, 6.45) is 3.43. The predicted octanol–water partition coefficient (Wildman–Crippen LogP) is 3.80. The number of anilines is 1. The Bertz CT molecular complexity index is 763. The molecule has 2 aliphatic rings. The van der Waals surface area contributed by atoms with Gasteiger partial charge in [0, 0.05) is 29.7 Å². The molecule has 4 rings (SSSR count). The van der Waals surface area contributed by atoms with Crippen molar-refractivity contribution < 1.29 is 9.18 Å². The van der Waals surface area contributed by atoms with Gasteiger partial charge >= 0.3 is 0 Å². The van der Waals surface area contributed by atoms with Crippen molar-refractivity contribution in [3.63, 3.8) is 0 Å². The number of aryl methyl sites for hydroxylation is 1.